The number of hydrogen-bond donors (Lipinski definition) is 1. The third kappa shape index (κ3) is 5.44. The predicted octanol–water partition coefficient (Wildman–Crippen LogP) is 4.99. The van der Waals surface area contributed by atoms with Crippen molar-refractivity contribution in [1.82, 2.24) is 0 Å². The monoisotopic (exact) mass is 428 g/mol. The first-order chi connectivity index (χ1) is 14.8. The number of halogens is 3. The predicted molar refractivity (Wildman–Crippen MR) is 114 cm³/mol. The Balaban J connectivity index is 1.86. The van der Waals surface area contributed by atoms with Crippen LogP contribution in [-0.2, 0) is 17.4 Å². The molecule has 7 heteroatoms. The van der Waals surface area contributed by atoms with E-state index in [2.05, 4.69) is 0 Å². The van der Waals surface area contributed by atoms with Gasteiger partial charge in [-0.2, -0.15) is 13.2 Å². The zero-order valence-corrected chi connectivity index (χ0v) is 17.0. The number of hydrogen-bond acceptors (Lipinski definition) is 3. The molecule has 0 fully saturated rings. The molecule has 3 rings (SSSR count). The summed E-state index contributed by atoms with van der Waals surface area (Å²) in [5.41, 5.74) is 7.43. The molecule has 0 spiro atoms. The molecule has 4 nitrogen and oxygen atoms in total. The highest BCUT2D eigenvalue weighted by molar-refractivity contribution is 5.98. The lowest BCUT2D eigenvalue weighted by atomic mass is 10.0. The standard InChI is InChI=1S/C24H23F3N2O2/c1-31-21-10-6-5-9-20(21)29(23(30)22(28)18-7-3-2-4-8-18)16-15-17-11-13-19(14-12-17)24(25,26)27/h2-14,22H,15-16,28H2,1H3. The number of methoxy groups -OCH3 is 1. The molecule has 0 aliphatic rings. The van der Waals surface area contributed by atoms with Crippen LogP contribution in [-0.4, -0.2) is 19.6 Å². The van der Waals surface area contributed by atoms with Gasteiger partial charge in [-0.05, 0) is 41.8 Å². The third-order valence-electron chi connectivity index (χ3n) is 4.97. The van der Waals surface area contributed by atoms with Crippen LogP contribution < -0.4 is 15.4 Å². The summed E-state index contributed by atoms with van der Waals surface area (Å²) in [6.07, 6.45) is -4.04. The third-order valence-corrected chi connectivity index (χ3v) is 4.97. The van der Waals surface area contributed by atoms with Gasteiger partial charge in [-0.1, -0.05) is 54.6 Å². The van der Waals surface area contributed by atoms with Crippen molar-refractivity contribution in [2.45, 2.75) is 18.6 Å². The molecule has 0 bridgehead atoms. The molecule has 0 radical (unpaired) electrons. The van der Waals surface area contributed by atoms with Gasteiger partial charge < -0.3 is 15.4 Å². The second kappa shape index (κ2) is 9.66. The van der Waals surface area contributed by atoms with Crippen LogP contribution in [0.1, 0.15) is 22.7 Å². The molecule has 0 aliphatic heterocycles. The van der Waals surface area contributed by atoms with Crippen molar-refractivity contribution < 1.29 is 22.7 Å². The lowest BCUT2D eigenvalue weighted by molar-refractivity contribution is -0.137. The molecule has 0 heterocycles. The minimum Gasteiger partial charge on any atom is -0.495 e. The highest BCUT2D eigenvalue weighted by Gasteiger charge is 2.30. The van der Waals surface area contributed by atoms with Crippen molar-refractivity contribution in [3.8, 4) is 5.75 Å². The molecule has 0 aromatic heterocycles. The van der Waals surface area contributed by atoms with Crippen LogP contribution in [0.5, 0.6) is 5.75 Å². The van der Waals surface area contributed by atoms with Gasteiger partial charge in [0.15, 0.2) is 0 Å². The SMILES string of the molecule is COc1ccccc1N(CCc1ccc(C(F)(F)F)cc1)C(=O)C(N)c1ccccc1. The van der Waals surface area contributed by atoms with Crippen molar-refractivity contribution in [3.63, 3.8) is 0 Å². The van der Waals surface area contributed by atoms with Gasteiger partial charge in [0.25, 0.3) is 0 Å². The van der Waals surface area contributed by atoms with Crippen LogP contribution >= 0.6 is 0 Å². The van der Waals surface area contributed by atoms with E-state index in [0.717, 1.165) is 12.1 Å². The maximum atomic E-state index is 13.3. The zero-order valence-electron chi connectivity index (χ0n) is 17.0. The van der Waals surface area contributed by atoms with Gasteiger partial charge in [0.05, 0.1) is 18.4 Å². The Hall–Kier alpha value is -3.32. The summed E-state index contributed by atoms with van der Waals surface area (Å²) < 4.78 is 43.8. The summed E-state index contributed by atoms with van der Waals surface area (Å²) in [4.78, 5) is 14.8. The van der Waals surface area contributed by atoms with Crippen LogP contribution in [0.2, 0.25) is 0 Å². The summed E-state index contributed by atoms with van der Waals surface area (Å²) in [6.45, 7) is 0.227. The Morgan fingerprint density at radius 1 is 0.968 bits per heavy atom. The molecule has 1 amide bonds. The summed E-state index contributed by atoms with van der Waals surface area (Å²) in [7, 11) is 1.51. The molecule has 0 saturated carbocycles. The number of carbonyl (C=O) groups is 1. The number of nitrogens with two attached hydrogens (primary N) is 1. The van der Waals surface area contributed by atoms with Crippen molar-refractivity contribution >= 4 is 11.6 Å². The topological polar surface area (TPSA) is 55.6 Å². The van der Waals surface area contributed by atoms with E-state index in [9.17, 15) is 18.0 Å². The fourth-order valence-electron chi connectivity index (χ4n) is 3.27. The lowest BCUT2D eigenvalue weighted by Gasteiger charge is -2.27. The zero-order chi connectivity index (χ0) is 22.4. The number of para-hydroxylation sites is 2. The minimum absolute atomic E-state index is 0.227. The first-order valence-electron chi connectivity index (χ1n) is 9.72. The average molecular weight is 428 g/mol. The van der Waals surface area contributed by atoms with Gasteiger partial charge in [0, 0.05) is 6.54 Å². The van der Waals surface area contributed by atoms with Crippen molar-refractivity contribution in [1.29, 1.82) is 0 Å². The number of benzene rings is 3. The molecule has 162 valence electrons. The minimum atomic E-state index is -4.39. The Kier molecular flexibility index (Phi) is 6.97. The fraction of sp³-hybridized carbons (Fsp3) is 0.208. The number of ether oxygens (including phenoxy) is 1. The largest absolute Gasteiger partial charge is 0.495 e. The lowest BCUT2D eigenvalue weighted by Crippen LogP contribution is -2.40. The van der Waals surface area contributed by atoms with Gasteiger partial charge in [0.1, 0.15) is 11.8 Å². The highest BCUT2D eigenvalue weighted by Crippen LogP contribution is 2.31. The van der Waals surface area contributed by atoms with E-state index in [0.29, 0.717) is 29.0 Å². The number of alkyl halides is 3. The van der Waals surface area contributed by atoms with E-state index in [1.807, 2.05) is 6.07 Å². The smallest absolute Gasteiger partial charge is 0.416 e. The van der Waals surface area contributed by atoms with Gasteiger partial charge >= 0.3 is 6.18 Å². The fourth-order valence-corrected chi connectivity index (χ4v) is 3.27. The summed E-state index contributed by atoms with van der Waals surface area (Å²) in [6, 6.07) is 20.1. The van der Waals surface area contributed by atoms with Gasteiger partial charge in [-0.15, -0.1) is 0 Å². The maximum absolute atomic E-state index is 13.3. The molecular weight excluding hydrogens is 405 g/mol. The van der Waals surface area contributed by atoms with Crippen molar-refractivity contribution in [2.24, 2.45) is 5.73 Å². The van der Waals surface area contributed by atoms with Crippen molar-refractivity contribution in [3.05, 3.63) is 95.6 Å². The van der Waals surface area contributed by atoms with Gasteiger partial charge in [-0.25, -0.2) is 0 Å². The number of nitrogens with zero attached hydrogens (tertiary/aromatic N) is 1. The highest BCUT2D eigenvalue weighted by atomic mass is 19.4. The molecule has 1 unspecified atom stereocenters. The van der Waals surface area contributed by atoms with Gasteiger partial charge in [0.2, 0.25) is 5.91 Å². The van der Waals surface area contributed by atoms with Crippen LogP contribution in [0.3, 0.4) is 0 Å². The van der Waals surface area contributed by atoms with E-state index in [-0.39, 0.29) is 12.5 Å². The van der Waals surface area contributed by atoms with E-state index >= 15 is 0 Å². The Morgan fingerprint density at radius 3 is 2.19 bits per heavy atom. The van der Waals surface area contributed by atoms with E-state index < -0.39 is 17.8 Å². The number of rotatable bonds is 7. The first kappa shape index (κ1) is 22.4. The Bertz CT molecular complexity index is 1010. The quantitative estimate of drug-likeness (QED) is 0.577. The van der Waals surface area contributed by atoms with Gasteiger partial charge in [-0.3, -0.25) is 4.79 Å². The second-order valence-electron chi connectivity index (χ2n) is 6.99. The Labute approximate surface area is 179 Å². The first-order valence-corrected chi connectivity index (χ1v) is 9.72. The van der Waals surface area contributed by atoms with Crippen LogP contribution in [0.15, 0.2) is 78.9 Å². The second-order valence-corrected chi connectivity index (χ2v) is 6.99. The number of anilines is 1. The summed E-state index contributed by atoms with van der Waals surface area (Å²) in [5, 5.41) is 0. The van der Waals surface area contributed by atoms with E-state index in [4.69, 9.17) is 10.5 Å². The summed E-state index contributed by atoms with van der Waals surface area (Å²) in [5.74, 6) is 0.172. The average Bonchev–Trinajstić information content (AvgIpc) is 2.79. The molecule has 0 aliphatic carbocycles. The molecule has 1 atom stereocenters. The normalized spacial score (nSPS) is 12.3. The molecular formula is C24H23F3N2O2. The molecule has 0 saturated heterocycles. The van der Waals surface area contributed by atoms with E-state index in [1.165, 1.54) is 24.1 Å². The summed E-state index contributed by atoms with van der Waals surface area (Å²) >= 11 is 0. The number of carbonyl (C=O) groups excluding carboxylic acids is 1. The van der Waals surface area contributed by atoms with Crippen LogP contribution in [0, 0.1) is 0 Å². The molecule has 3 aromatic rings. The Morgan fingerprint density at radius 2 is 1.58 bits per heavy atom. The molecule has 2 N–H and O–H groups in total. The van der Waals surface area contributed by atoms with Crippen molar-refractivity contribution in [2.75, 3.05) is 18.6 Å². The molecule has 31 heavy (non-hydrogen) atoms. The number of amides is 1. The molecule has 3 aromatic carbocycles. The maximum Gasteiger partial charge on any atom is 0.416 e. The van der Waals surface area contributed by atoms with Crippen LogP contribution in [0.4, 0.5) is 18.9 Å². The van der Waals surface area contributed by atoms with E-state index in [1.54, 1.807) is 48.5 Å². The van der Waals surface area contributed by atoms with Crippen LogP contribution in [0.25, 0.3) is 0 Å².